The lowest BCUT2D eigenvalue weighted by Gasteiger charge is -2.32. The van der Waals surface area contributed by atoms with E-state index in [1.54, 1.807) is 17.5 Å². The third kappa shape index (κ3) is 6.95. The Labute approximate surface area is 179 Å². The molecule has 154 valence electrons. The second kappa shape index (κ2) is 11.1. The number of rotatable bonds is 8. The molecule has 0 aromatic carbocycles. The Bertz CT molecular complexity index is 833. The Morgan fingerprint density at radius 3 is 2.93 bits per heavy atom. The maximum atomic E-state index is 11.5. The molecular formula is C20H25N5O2S2. The van der Waals surface area contributed by atoms with E-state index in [9.17, 15) is 9.59 Å². The van der Waals surface area contributed by atoms with Crippen LogP contribution >= 0.6 is 23.1 Å². The van der Waals surface area contributed by atoms with Gasteiger partial charge in [-0.25, -0.2) is 9.97 Å². The van der Waals surface area contributed by atoms with Gasteiger partial charge in [0.1, 0.15) is 0 Å². The summed E-state index contributed by atoms with van der Waals surface area (Å²) in [6, 6.07) is 3.97. The molecule has 0 unspecified atom stereocenters. The van der Waals surface area contributed by atoms with Gasteiger partial charge >= 0.3 is 0 Å². The van der Waals surface area contributed by atoms with E-state index < -0.39 is 5.24 Å². The van der Waals surface area contributed by atoms with Gasteiger partial charge in [0.05, 0.1) is 5.69 Å². The third-order valence-electron chi connectivity index (χ3n) is 4.69. The molecule has 0 spiro atoms. The molecule has 3 heterocycles. The number of carbonyl (C=O) groups excluding carboxylic acids is 2. The third-order valence-corrected chi connectivity index (χ3v) is 6.16. The highest BCUT2D eigenvalue weighted by Crippen LogP contribution is 2.22. The molecule has 29 heavy (non-hydrogen) atoms. The molecule has 1 saturated heterocycles. The molecule has 1 aliphatic heterocycles. The Hall–Kier alpha value is -2.23. The van der Waals surface area contributed by atoms with E-state index in [2.05, 4.69) is 42.3 Å². The standard InChI is InChI=1S/C20H25N5O2S2/c1-15(29-20(27)23-14-26)10-18-2-6-22-19(24-18)25-7-3-16(4-8-25)11-21-12-17-5-9-28-13-17/h2,5-6,9-10,13-14,16,21H,3-4,7-8,11-12H2,1H3,(H,23,26,27)/b15-10-. The molecule has 0 bridgehead atoms. The lowest BCUT2D eigenvalue weighted by atomic mass is 9.97. The van der Waals surface area contributed by atoms with Crippen LogP contribution in [0.1, 0.15) is 31.0 Å². The molecule has 0 aliphatic carbocycles. The van der Waals surface area contributed by atoms with Crippen molar-refractivity contribution in [2.24, 2.45) is 5.92 Å². The number of amides is 2. The van der Waals surface area contributed by atoms with Gasteiger partial charge in [0, 0.05) is 25.8 Å². The van der Waals surface area contributed by atoms with Gasteiger partial charge in [0.25, 0.3) is 5.24 Å². The summed E-state index contributed by atoms with van der Waals surface area (Å²) in [6.07, 6.45) is 6.17. The number of thioether (sulfide) groups is 1. The molecule has 0 radical (unpaired) electrons. The van der Waals surface area contributed by atoms with Crippen LogP contribution in [0, 0.1) is 5.92 Å². The summed E-state index contributed by atoms with van der Waals surface area (Å²) in [6.45, 7) is 5.66. The smallest absolute Gasteiger partial charge is 0.289 e. The average molecular weight is 432 g/mol. The highest BCUT2D eigenvalue weighted by atomic mass is 32.2. The minimum atomic E-state index is -0.405. The number of allylic oxidation sites excluding steroid dienone is 1. The van der Waals surface area contributed by atoms with Crippen molar-refractivity contribution in [2.75, 3.05) is 24.5 Å². The van der Waals surface area contributed by atoms with Gasteiger partial charge in [-0.1, -0.05) is 0 Å². The molecule has 1 fully saturated rings. The lowest BCUT2D eigenvalue weighted by Crippen LogP contribution is -2.38. The van der Waals surface area contributed by atoms with E-state index in [-0.39, 0.29) is 0 Å². The summed E-state index contributed by atoms with van der Waals surface area (Å²) < 4.78 is 0. The van der Waals surface area contributed by atoms with Crippen molar-refractivity contribution in [1.29, 1.82) is 0 Å². The lowest BCUT2D eigenvalue weighted by molar-refractivity contribution is -0.108. The average Bonchev–Trinajstić information content (AvgIpc) is 3.22. The first kappa shape index (κ1) is 21.5. The van der Waals surface area contributed by atoms with Crippen LogP contribution in [0.25, 0.3) is 6.08 Å². The zero-order valence-electron chi connectivity index (χ0n) is 16.3. The number of anilines is 1. The van der Waals surface area contributed by atoms with Gasteiger partial charge in [0.2, 0.25) is 12.4 Å². The zero-order chi connectivity index (χ0) is 20.5. The Morgan fingerprint density at radius 1 is 1.38 bits per heavy atom. The number of nitrogens with one attached hydrogen (secondary N) is 2. The van der Waals surface area contributed by atoms with Gasteiger partial charge in [-0.05, 0) is 83.4 Å². The van der Waals surface area contributed by atoms with Crippen LogP contribution in [-0.2, 0) is 11.3 Å². The van der Waals surface area contributed by atoms with Crippen LogP contribution in [0.15, 0.2) is 34.0 Å². The van der Waals surface area contributed by atoms with E-state index in [0.717, 1.165) is 67.3 Å². The van der Waals surface area contributed by atoms with Crippen molar-refractivity contribution in [1.82, 2.24) is 20.6 Å². The fourth-order valence-corrected chi connectivity index (χ4v) is 4.45. The van der Waals surface area contributed by atoms with Crippen molar-refractivity contribution in [3.05, 3.63) is 45.3 Å². The number of hydrogen-bond donors (Lipinski definition) is 2. The van der Waals surface area contributed by atoms with E-state index in [0.29, 0.717) is 12.3 Å². The van der Waals surface area contributed by atoms with Gasteiger partial charge in [0.15, 0.2) is 0 Å². The predicted octanol–water partition coefficient (Wildman–Crippen LogP) is 3.50. The molecule has 7 nitrogen and oxygen atoms in total. The first-order valence-corrected chi connectivity index (χ1v) is 11.3. The zero-order valence-corrected chi connectivity index (χ0v) is 18.0. The van der Waals surface area contributed by atoms with E-state index in [1.807, 2.05) is 19.1 Å². The molecule has 1 aliphatic rings. The number of thiophene rings is 1. The summed E-state index contributed by atoms with van der Waals surface area (Å²) in [5, 5.41) is 9.56. The molecule has 0 atom stereocenters. The number of aromatic nitrogens is 2. The maximum Gasteiger partial charge on any atom is 0.289 e. The maximum absolute atomic E-state index is 11.5. The minimum Gasteiger partial charge on any atom is -0.341 e. The van der Waals surface area contributed by atoms with Crippen LogP contribution in [0.2, 0.25) is 0 Å². The van der Waals surface area contributed by atoms with Gasteiger partial charge in [-0.15, -0.1) is 0 Å². The topological polar surface area (TPSA) is 87.2 Å². The molecule has 3 rings (SSSR count). The normalized spacial score (nSPS) is 15.3. The first-order chi connectivity index (χ1) is 14.1. The predicted molar refractivity (Wildman–Crippen MR) is 119 cm³/mol. The summed E-state index contributed by atoms with van der Waals surface area (Å²) in [5.74, 6) is 1.39. The molecule has 2 aromatic heterocycles. The molecular weight excluding hydrogens is 406 g/mol. The second-order valence-corrected chi connectivity index (χ2v) is 8.88. The van der Waals surface area contributed by atoms with Crippen molar-refractivity contribution >= 4 is 46.8 Å². The van der Waals surface area contributed by atoms with Crippen molar-refractivity contribution in [3.63, 3.8) is 0 Å². The summed E-state index contributed by atoms with van der Waals surface area (Å²) >= 11 is 2.70. The monoisotopic (exact) mass is 431 g/mol. The Morgan fingerprint density at radius 2 is 2.21 bits per heavy atom. The first-order valence-electron chi connectivity index (χ1n) is 9.54. The van der Waals surface area contributed by atoms with E-state index in [4.69, 9.17) is 0 Å². The molecule has 2 aromatic rings. The van der Waals surface area contributed by atoms with Crippen LogP contribution < -0.4 is 15.5 Å². The summed E-state index contributed by atoms with van der Waals surface area (Å²) in [7, 11) is 0. The molecule has 2 amide bonds. The van der Waals surface area contributed by atoms with Gasteiger partial charge in [-0.3, -0.25) is 14.9 Å². The fourth-order valence-electron chi connectivity index (χ4n) is 3.21. The van der Waals surface area contributed by atoms with Crippen LogP contribution in [-0.4, -0.2) is 41.3 Å². The van der Waals surface area contributed by atoms with Gasteiger partial charge in [-0.2, -0.15) is 11.3 Å². The van der Waals surface area contributed by atoms with Crippen LogP contribution in [0.3, 0.4) is 0 Å². The SMILES string of the molecule is C/C(=C/c1ccnc(N2CCC(CNCc3ccsc3)CC2)n1)SC(=O)NC=O. The van der Waals surface area contributed by atoms with E-state index >= 15 is 0 Å². The van der Waals surface area contributed by atoms with Crippen molar-refractivity contribution in [3.8, 4) is 0 Å². The fraction of sp³-hybridized carbons (Fsp3) is 0.400. The second-order valence-electron chi connectivity index (χ2n) is 6.88. The van der Waals surface area contributed by atoms with Crippen LogP contribution in [0.4, 0.5) is 10.7 Å². The Kier molecular flexibility index (Phi) is 8.21. The molecule has 9 heteroatoms. The summed E-state index contributed by atoms with van der Waals surface area (Å²) in [4.78, 5) is 33.8. The quantitative estimate of drug-likeness (QED) is 0.619. The number of hydrogen-bond acceptors (Lipinski definition) is 8. The van der Waals surface area contributed by atoms with Crippen molar-refractivity contribution in [2.45, 2.75) is 26.3 Å². The Balaban J connectivity index is 1.48. The highest BCUT2D eigenvalue weighted by Gasteiger charge is 2.20. The summed E-state index contributed by atoms with van der Waals surface area (Å²) in [5.41, 5.74) is 2.10. The number of nitrogens with zero attached hydrogens (tertiary/aromatic N) is 3. The highest BCUT2D eigenvalue weighted by molar-refractivity contribution is 8.17. The largest absolute Gasteiger partial charge is 0.341 e. The van der Waals surface area contributed by atoms with E-state index in [1.165, 1.54) is 5.56 Å². The number of carbonyl (C=O) groups is 2. The number of imide groups is 1. The molecule has 0 saturated carbocycles. The van der Waals surface area contributed by atoms with Crippen LogP contribution in [0.5, 0.6) is 0 Å². The van der Waals surface area contributed by atoms with Crippen molar-refractivity contribution < 1.29 is 9.59 Å². The molecule has 2 N–H and O–H groups in total. The van der Waals surface area contributed by atoms with Gasteiger partial charge < -0.3 is 10.2 Å². The number of piperidine rings is 1. The minimum absolute atomic E-state index is 0.382.